The first-order chi connectivity index (χ1) is 7.65. The normalized spacial score (nSPS) is 12.6. The second kappa shape index (κ2) is 3.99. The van der Waals surface area contributed by atoms with Gasteiger partial charge in [-0.25, -0.2) is 0 Å². The van der Waals surface area contributed by atoms with E-state index in [0.29, 0.717) is 5.39 Å². The number of nitrogens with one attached hydrogen (secondary N) is 1. The smallest absolute Gasteiger partial charge is 0.240 e. The van der Waals surface area contributed by atoms with Crippen LogP contribution in [-0.4, -0.2) is 18.2 Å². The molecule has 84 valence electrons. The number of hydrogen-bond acceptors (Lipinski definition) is 3. The highest BCUT2D eigenvalue weighted by molar-refractivity contribution is 7.64. The van der Waals surface area contributed by atoms with E-state index >= 15 is 0 Å². The average Bonchev–Trinajstić information content (AvgIpc) is 2.67. The van der Waals surface area contributed by atoms with Crippen molar-refractivity contribution in [3.63, 3.8) is 0 Å². The second-order valence-corrected chi connectivity index (χ2v) is 4.17. The van der Waals surface area contributed by atoms with Crippen LogP contribution in [0.5, 0.6) is 0 Å². The van der Waals surface area contributed by atoms with Crippen LogP contribution in [0.1, 0.15) is 6.17 Å². The van der Waals surface area contributed by atoms with Gasteiger partial charge in [0.25, 0.3) is 0 Å². The summed E-state index contributed by atoms with van der Waals surface area (Å²) < 4.78 is 23.8. The highest BCUT2D eigenvalue weighted by Crippen LogP contribution is 2.16. The summed E-state index contributed by atoms with van der Waals surface area (Å²) in [6, 6.07) is 7.12. The monoisotopic (exact) mass is 237 g/mol. The third-order valence-corrected chi connectivity index (χ3v) is 2.98. The Balaban J connectivity index is 3.00. The average molecular weight is 237 g/mol. The molecule has 1 aromatic carbocycles. The fourth-order valence-electron chi connectivity index (χ4n) is 1.57. The fourth-order valence-corrected chi connectivity index (χ4v) is 2.10. The molecule has 0 radical (unpaired) electrons. The van der Waals surface area contributed by atoms with Crippen LogP contribution in [0.25, 0.3) is 10.9 Å². The Morgan fingerprint density at radius 2 is 2.12 bits per heavy atom. The van der Waals surface area contributed by atoms with Gasteiger partial charge in [0, 0.05) is 5.39 Å². The Kier molecular flexibility index (Phi) is 2.67. The fraction of sp³-hybridized carbons (Fsp3) is 0.100. The summed E-state index contributed by atoms with van der Waals surface area (Å²) in [4.78, 5) is 0. The zero-order valence-electron chi connectivity index (χ0n) is 8.42. The Morgan fingerprint density at radius 1 is 1.44 bits per heavy atom. The number of fused-ring (bicyclic) bond motifs is 1. The summed E-state index contributed by atoms with van der Waals surface area (Å²) >= 11 is 0. The van der Waals surface area contributed by atoms with E-state index in [0.717, 1.165) is 5.52 Å². The molecule has 1 atom stereocenters. The number of aromatic amines is 1. The number of para-hydroxylation sites is 1. The first-order valence-corrected chi connectivity index (χ1v) is 5.72. The van der Waals surface area contributed by atoms with Crippen LogP contribution in [0, 0.1) is 4.64 Å². The quantitative estimate of drug-likeness (QED) is 0.604. The minimum Gasteiger partial charge on any atom is -0.306 e. The second-order valence-electron chi connectivity index (χ2n) is 3.29. The molecule has 0 amide bonds. The van der Waals surface area contributed by atoms with Crippen molar-refractivity contribution < 1.29 is 8.42 Å². The summed E-state index contributed by atoms with van der Waals surface area (Å²) in [7, 11) is -2.32. The predicted molar refractivity (Wildman–Crippen MR) is 61.9 cm³/mol. The van der Waals surface area contributed by atoms with E-state index in [1.54, 1.807) is 22.9 Å². The molecule has 16 heavy (non-hydrogen) atoms. The highest BCUT2D eigenvalue weighted by Gasteiger charge is 2.08. The lowest BCUT2D eigenvalue weighted by molar-refractivity contribution is 0.574. The Labute approximate surface area is 93.3 Å². The van der Waals surface area contributed by atoms with E-state index in [4.69, 9.17) is 5.73 Å². The van der Waals surface area contributed by atoms with E-state index < -0.39 is 16.5 Å². The van der Waals surface area contributed by atoms with E-state index in [-0.39, 0.29) is 4.64 Å². The Morgan fingerprint density at radius 3 is 2.75 bits per heavy atom. The van der Waals surface area contributed by atoms with E-state index in [1.165, 1.54) is 6.08 Å². The molecule has 6 heteroatoms. The molecule has 1 unspecified atom stereocenters. The first-order valence-electron chi connectivity index (χ1n) is 4.65. The van der Waals surface area contributed by atoms with Crippen molar-refractivity contribution in [3.8, 4) is 0 Å². The Bertz CT molecular complexity index is 701. The third kappa shape index (κ3) is 1.58. The largest absolute Gasteiger partial charge is 0.306 e. The molecule has 0 saturated carbocycles. The van der Waals surface area contributed by atoms with Gasteiger partial charge in [-0.05, 0) is 12.1 Å². The van der Waals surface area contributed by atoms with Crippen molar-refractivity contribution in [2.75, 3.05) is 0 Å². The maximum absolute atomic E-state index is 11.0. The van der Waals surface area contributed by atoms with E-state index in [2.05, 4.69) is 11.7 Å². The van der Waals surface area contributed by atoms with Gasteiger partial charge in [-0.1, -0.05) is 24.8 Å². The molecule has 0 aliphatic heterocycles. The van der Waals surface area contributed by atoms with Crippen molar-refractivity contribution >= 4 is 21.2 Å². The molecule has 2 aromatic rings. The van der Waals surface area contributed by atoms with Gasteiger partial charge in [0.05, 0.1) is 5.52 Å². The molecule has 0 bridgehead atoms. The molecule has 1 heterocycles. The number of aromatic nitrogens is 2. The molecule has 0 spiro atoms. The standard InChI is InChI=1S/C10H11N3O2S/c1-2-9(11)13-8-6-4-3-5-7(8)10(12-13)16(14)15/h2-6,9,12H,1,11H2. The lowest BCUT2D eigenvalue weighted by Gasteiger charge is -2.08. The van der Waals surface area contributed by atoms with Crippen LogP contribution in [0.15, 0.2) is 36.9 Å². The lowest BCUT2D eigenvalue weighted by Crippen LogP contribution is -2.16. The summed E-state index contributed by atoms with van der Waals surface area (Å²) in [6.45, 7) is 3.58. The lowest BCUT2D eigenvalue weighted by atomic mass is 10.2. The van der Waals surface area contributed by atoms with Crippen molar-refractivity contribution in [2.45, 2.75) is 6.17 Å². The van der Waals surface area contributed by atoms with Crippen molar-refractivity contribution in [1.29, 1.82) is 0 Å². The van der Waals surface area contributed by atoms with Crippen LogP contribution in [0.2, 0.25) is 0 Å². The van der Waals surface area contributed by atoms with Gasteiger partial charge < -0.3 is 5.73 Å². The van der Waals surface area contributed by atoms with Crippen molar-refractivity contribution in [2.24, 2.45) is 5.73 Å². The minimum atomic E-state index is -2.32. The van der Waals surface area contributed by atoms with Gasteiger partial charge >= 0.3 is 0 Å². The van der Waals surface area contributed by atoms with Crippen LogP contribution in [0.4, 0.5) is 0 Å². The number of H-pyrrole nitrogens is 1. The molecule has 0 aliphatic rings. The van der Waals surface area contributed by atoms with Crippen molar-refractivity contribution in [1.82, 2.24) is 9.78 Å². The zero-order chi connectivity index (χ0) is 11.7. The van der Waals surface area contributed by atoms with Crippen LogP contribution < -0.4 is 5.73 Å². The molecule has 2 rings (SSSR count). The highest BCUT2D eigenvalue weighted by atomic mass is 32.2. The maximum Gasteiger partial charge on any atom is 0.240 e. The molecule has 5 nitrogen and oxygen atoms in total. The zero-order valence-corrected chi connectivity index (χ0v) is 9.24. The molecule has 0 saturated heterocycles. The number of nitrogens with two attached hydrogens (primary N) is 1. The van der Waals surface area contributed by atoms with Gasteiger partial charge in [-0.15, -0.1) is 0 Å². The van der Waals surface area contributed by atoms with Crippen molar-refractivity contribution in [3.05, 3.63) is 41.6 Å². The third-order valence-electron chi connectivity index (χ3n) is 2.34. The number of hydrogen-bond donors (Lipinski definition) is 2. The SMILES string of the molecule is C=CC(N)n1[nH]c(=S(=O)=O)c2ccccc21. The van der Waals surface area contributed by atoms with Gasteiger partial charge in [0.2, 0.25) is 10.3 Å². The maximum atomic E-state index is 11.0. The number of rotatable bonds is 2. The van der Waals surface area contributed by atoms with E-state index in [1.807, 2.05) is 6.07 Å². The predicted octanol–water partition coefficient (Wildman–Crippen LogP) is 1.02. The van der Waals surface area contributed by atoms with Crippen LogP contribution in [-0.2, 0) is 10.3 Å². The van der Waals surface area contributed by atoms with Gasteiger partial charge in [-0.3, -0.25) is 9.78 Å². The molecule has 1 aromatic heterocycles. The van der Waals surface area contributed by atoms with Gasteiger partial charge in [0.15, 0.2) is 4.64 Å². The summed E-state index contributed by atoms with van der Waals surface area (Å²) in [6.07, 6.45) is 1.04. The minimum absolute atomic E-state index is 0.132. The number of benzene rings is 1. The summed E-state index contributed by atoms with van der Waals surface area (Å²) in [5, 5.41) is 3.37. The van der Waals surface area contributed by atoms with Gasteiger partial charge in [0.1, 0.15) is 6.17 Å². The summed E-state index contributed by atoms with van der Waals surface area (Å²) in [5.74, 6) is 0. The van der Waals surface area contributed by atoms with Crippen LogP contribution >= 0.6 is 0 Å². The molecule has 0 fully saturated rings. The molecular weight excluding hydrogens is 226 g/mol. The Hall–Kier alpha value is -1.79. The topological polar surface area (TPSA) is 80.9 Å². The molecular formula is C10H11N3O2S. The number of nitrogens with zero attached hydrogens (tertiary/aromatic N) is 1. The van der Waals surface area contributed by atoms with E-state index in [9.17, 15) is 8.42 Å². The molecule has 0 aliphatic carbocycles. The first kappa shape index (κ1) is 10.7. The van der Waals surface area contributed by atoms with Gasteiger partial charge in [-0.2, -0.15) is 8.42 Å². The molecule has 3 N–H and O–H groups in total. The van der Waals surface area contributed by atoms with Crippen LogP contribution in [0.3, 0.4) is 0 Å². The summed E-state index contributed by atoms with van der Waals surface area (Å²) in [5.41, 5.74) is 6.52.